The summed E-state index contributed by atoms with van der Waals surface area (Å²) in [5.41, 5.74) is 4.46. The molecule has 14 nitrogen and oxygen atoms in total. The monoisotopic (exact) mass is 1960 g/mol. The normalized spacial score (nSPS) is 17.1. The lowest BCUT2D eigenvalue weighted by atomic mass is 9.75. The molecular weight excluding hydrogens is 1860 g/mol. The molecule has 0 aromatic heterocycles. The summed E-state index contributed by atoms with van der Waals surface area (Å²) in [6.45, 7) is 37.6. The number of rotatable bonds is 11. The number of carbonyl (C=O) groups excluding carboxylic acids is 3. The summed E-state index contributed by atoms with van der Waals surface area (Å²) in [6, 6.07) is 72.0. The van der Waals surface area contributed by atoms with Crippen LogP contribution in [-0.4, -0.2) is 94.3 Å². The van der Waals surface area contributed by atoms with Crippen LogP contribution in [0.3, 0.4) is 0 Å². The van der Waals surface area contributed by atoms with E-state index < -0.39 is 72.1 Å². The Labute approximate surface area is 761 Å². The number of fused-ring (bicyclic) bond motifs is 4. The number of aryl methyl sites for hydroxylation is 2. The van der Waals surface area contributed by atoms with E-state index >= 15 is 0 Å². The number of aromatic hydroxyl groups is 2. The fourth-order valence-electron chi connectivity index (χ4n) is 15.1. The van der Waals surface area contributed by atoms with Crippen molar-refractivity contribution in [2.45, 2.75) is 214 Å². The maximum absolute atomic E-state index is 13.4. The Balaban J connectivity index is 0.000000142. The van der Waals surface area contributed by atoms with Gasteiger partial charge in [0.1, 0.15) is 22.7 Å². The van der Waals surface area contributed by atoms with Crippen LogP contribution < -0.4 is 16.4 Å². The molecule has 0 atom stereocenters. The van der Waals surface area contributed by atoms with Crippen LogP contribution in [0.15, 0.2) is 247 Å². The van der Waals surface area contributed by atoms with E-state index in [0.29, 0.717) is 32.3 Å². The van der Waals surface area contributed by atoms with E-state index in [1.54, 1.807) is 24.3 Å². The Morgan fingerprint density at radius 2 is 0.721 bits per heavy atom. The molecule has 1 aliphatic carbocycles. The van der Waals surface area contributed by atoms with Crippen LogP contribution in [0.2, 0.25) is 0 Å². The molecule has 0 radical (unpaired) electrons. The van der Waals surface area contributed by atoms with Gasteiger partial charge in [-0.3, -0.25) is 0 Å². The molecule has 634 valence electrons. The van der Waals surface area contributed by atoms with Gasteiger partial charge in [-0.2, -0.15) is 0 Å². The second kappa shape index (κ2) is 36.9. The summed E-state index contributed by atoms with van der Waals surface area (Å²) >= 11 is 17.9. The number of phenols is 2. The molecule has 0 spiro atoms. The standard InChI is InChI=1S/C27H28BBrO4.C21H31BO4.C20H12Br2O2.C18H27BO4.C14H8Br2/c1-25(2)26(3,4)33-28(32-25)21-16-17-22(23(29)18-21)24(30)31-27(5,19-12-8-6-9-13-19)20-14-10-7-11-15-20;1-15-10-11-16(18(23)24-21(6)12-8-7-9-13-21)17(14-15)22-25-19(2,3)20(4,5)26-22;21-13-3-5-15-11(9-13)1-7-17(23)19(15)20-16-6-4-14(22)10-12(16)2-8-18(20)24;1-12-9-10-13(15(20)21-16(2,3)4)14(11-12)19-22-17(5,6)18(7,8)23-19;15-13-9-5-1-2-6-10(9)14(16)12-8-4-3-7-11(12)13/h6-18H,1-5H3;10-11,14H,7-9,12-13H2,1-6H3;1-10,23-24H;9-11H,1-8H3;1-8H. The van der Waals surface area contributed by atoms with E-state index in [0.717, 1.165) is 94.8 Å². The van der Waals surface area contributed by atoms with Crippen LogP contribution in [-0.2, 0) is 47.7 Å². The quantitative estimate of drug-likeness (QED) is 0.0541. The van der Waals surface area contributed by atoms with Gasteiger partial charge in [-0.05, 0) is 336 Å². The van der Waals surface area contributed by atoms with Gasteiger partial charge in [0.2, 0.25) is 0 Å². The largest absolute Gasteiger partial charge is 0.507 e. The number of phenolic OH excluding ortho intramolecular Hbond substituents is 2. The van der Waals surface area contributed by atoms with E-state index in [4.69, 9.17) is 42.1 Å². The fraction of sp³-hybridized carbons (Fsp3) is 0.330. The van der Waals surface area contributed by atoms with Crippen LogP contribution in [0.5, 0.6) is 11.5 Å². The Bertz CT molecular complexity index is 5590. The molecule has 12 aromatic carbocycles. The number of esters is 3. The van der Waals surface area contributed by atoms with Crippen molar-refractivity contribution in [2.75, 3.05) is 0 Å². The van der Waals surface area contributed by atoms with Gasteiger partial charge in [0, 0.05) is 33.5 Å². The third-order valence-electron chi connectivity index (χ3n) is 24.2. The molecule has 2 N–H and O–H groups in total. The summed E-state index contributed by atoms with van der Waals surface area (Å²) in [5.74, 6) is -0.759. The summed E-state index contributed by atoms with van der Waals surface area (Å²) < 4.78 is 59.4. The van der Waals surface area contributed by atoms with Crippen LogP contribution in [0.4, 0.5) is 0 Å². The van der Waals surface area contributed by atoms with Crippen molar-refractivity contribution in [3.63, 3.8) is 0 Å². The lowest BCUT2D eigenvalue weighted by Crippen LogP contribution is -2.41. The van der Waals surface area contributed by atoms with Crippen molar-refractivity contribution in [2.24, 2.45) is 0 Å². The van der Waals surface area contributed by atoms with Crippen LogP contribution in [0.1, 0.15) is 203 Å². The molecule has 3 heterocycles. The SMILES string of the molecule is Brc1c2ccccc2c(Br)c2ccccc12.CC(OC(=O)c1ccc(B2OC(C)(C)C(C)(C)O2)cc1Br)(c1ccccc1)c1ccccc1.Cc1ccc(C(=O)OC(C)(C)C)c(B2OC(C)(C)C(C)(C)O2)c1.Cc1ccc(C(=O)OC2(C)CCCCC2)c(B2OC(C)(C)C(C)(C)O2)c1.Oc1ccc2cc(Br)ccc2c1-c1c(O)ccc2cc(Br)ccc12. The van der Waals surface area contributed by atoms with Crippen LogP contribution in [0, 0.1) is 13.8 Å². The second-order valence-electron chi connectivity index (χ2n) is 36.1. The summed E-state index contributed by atoms with van der Waals surface area (Å²) in [5, 5.41) is 29.8. The van der Waals surface area contributed by atoms with Gasteiger partial charge in [-0.15, -0.1) is 0 Å². The van der Waals surface area contributed by atoms with Crippen LogP contribution in [0.25, 0.3) is 54.2 Å². The predicted molar refractivity (Wildman–Crippen MR) is 513 cm³/mol. The number of halogens is 5. The second-order valence-corrected chi connectivity index (χ2v) is 40.4. The average molecular weight is 1960 g/mol. The van der Waals surface area contributed by atoms with Gasteiger partial charge in [-0.1, -0.05) is 213 Å². The van der Waals surface area contributed by atoms with Crippen molar-refractivity contribution in [3.8, 4) is 22.6 Å². The number of ether oxygens (including phenoxy) is 3. The van der Waals surface area contributed by atoms with E-state index in [-0.39, 0.29) is 29.0 Å². The van der Waals surface area contributed by atoms with Crippen molar-refractivity contribution in [1.82, 2.24) is 0 Å². The minimum Gasteiger partial charge on any atom is -0.507 e. The molecule has 0 bridgehead atoms. The number of benzene rings is 12. The third kappa shape index (κ3) is 20.6. The minimum absolute atomic E-state index is 0.149. The number of hydrogen-bond acceptors (Lipinski definition) is 14. The van der Waals surface area contributed by atoms with Crippen LogP contribution >= 0.6 is 79.6 Å². The minimum atomic E-state index is -0.941. The van der Waals surface area contributed by atoms with E-state index in [1.165, 1.54) is 36.9 Å². The van der Waals surface area contributed by atoms with Gasteiger partial charge < -0.3 is 52.3 Å². The van der Waals surface area contributed by atoms with Crippen molar-refractivity contribution in [3.05, 3.63) is 286 Å². The first-order valence-corrected chi connectivity index (χ1v) is 45.1. The first-order chi connectivity index (χ1) is 57.2. The van der Waals surface area contributed by atoms with Gasteiger partial charge in [0.05, 0.1) is 50.3 Å². The first-order valence-electron chi connectivity index (χ1n) is 41.2. The van der Waals surface area contributed by atoms with Gasteiger partial charge in [-0.25, -0.2) is 14.4 Å². The summed E-state index contributed by atoms with van der Waals surface area (Å²) in [4.78, 5) is 38.9. The lowest BCUT2D eigenvalue weighted by molar-refractivity contribution is -0.0269. The summed E-state index contributed by atoms with van der Waals surface area (Å²) in [6.07, 6.45) is 5.30. The zero-order valence-corrected chi connectivity index (χ0v) is 80.7. The molecule has 4 aliphatic rings. The molecule has 22 heteroatoms. The molecule has 3 saturated heterocycles. The van der Waals surface area contributed by atoms with Crippen molar-refractivity contribution >= 4 is 178 Å². The molecule has 122 heavy (non-hydrogen) atoms. The molecule has 16 rings (SSSR count). The first kappa shape index (κ1) is 93.2. The lowest BCUT2D eigenvalue weighted by Gasteiger charge is -2.33. The maximum Gasteiger partial charge on any atom is 0.495 e. The van der Waals surface area contributed by atoms with E-state index in [9.17, 15) is 24.6 Å². The Morgan fingerprint density at radius 1 is 0.369 bits per heavy atom. The highest BCUT2D eigenvalue weighted by Gasteiger charge is 2.55. The molecule has 0 unspecified atom stereocenters. The zero-order valence-electron chi connectivity index (χ0n) is 72.8. The molecule has 12 aromatic rings. The van der Waals surface area contributed by atoms with E-state index in [1.807, 2.05) is 283 Å². The molecule has 3 aliphatic heterocycles. The topological polar surface area (TPSA) is 175 Å². The Hall–Kier alpha value is -7.96. The molecule has 4 fully saturated rings. The molecular formula is C100H106B3Br5O14. The van der Waals surface area contributed by atoms with Crippen molar-refractivity contribution in [1.29, 1.82) is 0 Å². The zero-order chi connectivity index (χ0) is 88.6. The highest BCUT2D eigenvalue weighted by atomic mass is 79.9. The maximum atomic E-state index is 13.4. The molecule has 1 saturated carbocycles. The average Bonchev–Trinajstić information content (AvgIpc) is 1.59. The fourth-order valence-corrected chi connectivity index (χ4v) is 17.8. The Morgan fingerprint density at radius 3 is 1.10 bits per heavy atom. The van der Waals surface area contributed by atoms with Crippen molar-refractivity contribution < 1.29 is 66.7 Å². The smallest absolute Gasteiger partial charge is 0.495 e. The number of hydrogen-bond donors (Lipinski definition) is 2. The highest BCUT2D eigenvalue weighted by Crippen LogP contribution is 2.47. The number of carbonyl (C=O) groups is 3. The summed E-state index contributed by atoms with van der Waals surface area (Å²) in [7, 11) is -1.65. The van der Waals surface area contributed by atoms with Gasteiger partial charge in [0.25, 0.3) is 0 Å². The van der Waals surface area contributed by atoms with Gasteiger partial charge in [0.15, 0.2) is 5.60 Å². The third-order valence-corrected chi connectivity index (χ3v) is 27.5. The van der Waals surface area contributed by atoms with E-state index in [2.05, 4.69) is 128 Å². The highest BCUT2D eigenvalue weighted by molar-refractivity contribution is 9.11. The Kier molecular flexibility index (Phi) is 28.2. The molecule has 0 amide bonds. The predicted octanol–water partition coefficient (Wildman–Crippen LogP) is 25.4. The van der Waals surface area contributed by atoms with Gasteiger partial charge >= 0.3 is 39.3 Å².